The third-order valence-electron chi connectivity index (χ3n) is 3.49. The molecule has 0 amide bonds. The van der Waals surface area contributed by atoms with Crippen molar-refractivity contribution in [3.05, 3.63) is 35.9 Å². The van der Waals surface area contributed by atoms with Gasteiger partial charge in [0.1, 0.15) is 10.8 Å². The summed E-state index contributed by atoms with van der Waals surface area (Å²) in [6.07, 6.45) is 1.18. The Morgan fingerprint density at radius 1 is 1.25 bits per heavy atom. The lowest BCUT2D eigenvalue weighted by atomic mass is 10.1. The van der Waals surface area contributed by atoms with Gasteiger partial charge in [-0.15, -0.1) is 0 Å². The molecule has 1 fully saturated rings. The first-order chi connectivity index (χ1) is 9.75. The minimum absolute atomic E-state index is 0.426. The van der Waals surface area contributed by atoms with Crippen LogP contribution in [0.5, 0.6) is 0 Å². The fraction of sp³-hybridized carbons (Fsp3) is 0.333. The summed E-state index contributed by atoms with van der Waals surface area (Å²) >= 11 is 7.22. The number of nitrogens with two attached hydrogens (primary N) is 1. The van der Waals surface area contributed by atoms with Crippen LogP contribution in [0.25, 0.3) is 10.9 Å². The number of nitrogens with zero attached hydrogens (tertiary/aromatic N) is 2. The molecule has 1 aromatic carbocycles. The van der Waals surface area contributed by atoms with E-state index in [0.29, 0.717) is 4.99 Å². The third kappa shape index (κ3) is 2.74. The highest BCUT2D eigenvalue weighted by Gasteiger charge is 2.17. The number of hydrogen-bond donors (Lipinski definition) is 1. The van der Waals surface area contributed by atoms with Crippen molar-refractivity contribution in [1.82, 2.24) is 4.98 Å². The Morgan fingerprint density at radius 3 is 2.95 bits per heavy atom. The van der Waals surface area contributed by atoms with Crippen LogP contribution in [0.3, 0.4) is 0 Å². The number of aromatic nitrogens is 1. The van der Waals surface area contributed by atoms with Crippen LogP contribution in [0.1, 0.15) is 12.0 Å². The highest BCUT2D eigenvalue weighted by atomic mass is 32.2. The van der Waals surface area contributed by atoms with Crippen LogP contribution in [0, 0.1) is 0 Å². The van der Waals surface area contributed by atoms with Crippen LogP contribution in [0.2, 0.25) is 0 Å². The lowest BCUT2D eigenvalue weighted by Gasteiger charge is -2.24. The van der Waals surface area contributed by atoms with Crippen LogP contribution in [-0.4, -0.2) is 34.6 Å². The average molecular weight is 303 g/mol. The molecule has 20 heavy (non-hydrogen) atoms. The molecular formula is C15H17N3S2. The number of hydrogen-bond acceptors (Lipinski definition) is 4. The van der Waals surface area contributed by atoms with Gasteiger partial charge in [0.15, 0.2) is 0 Å². The average Bonchev–Trinajstić information content (AvgIpc) is 2.74. The number of benzene rings is 1. The van der Waals surface area contributed by atoms with Gasteiger partial charge in [0.05, 0.1) is 11.1 Å². The van der Waals surface area contributed by atoms with E-state index in [1.165, 1.54) is 12.2 Å². The molecule has 104 valence electrons. The molecule has 2 N–H and O–H groups in total. The first-order valence-corrected chi connectivity index (χ1v) is 8.34. The van der Waals surface area contributed by atoms with Crippen LogP contribution < -0.4 is 10.6 Å². The summed E-state index contributed by atoms with van der Waals surface area (Å²) in [5.74, 6) is 3.29. The van der Waals surface area contributed by atoms with Crippen molar-refractivity contribution in [3.8, 4) is 0 Å². The third-order valence-corrected chi connectivity index (χ3v) is 4.76. The lowest BCUT2D eigenvalue weighted by Crippen LogP contribution is -2.29. The Balaban J connectivity index is 2.11. The van der Waals surface area contributed by atoms with Gasteiger partial charge in [-0.3, -0.25) is 0 Å². The first kappa shape index (κ1) is 13.6. The molecule has 0 saturated carbocycles. The minimum atomic E-state index is 0.426. The summed E-state index contributed by atoms with van der Waals surface area (Å²) in [6.45, 7) is 2.03. The Kier molecular flexibility index (Phi) is 4.08. The van der Waals surface area contributed by atoms with E-state index < -0.39 is 0 Å². The standard InChI is InChI=1S/C15H17N3S2/c16-14(19)12-10-11-4-1-2-5-13(11)17-15(12)18-6-3-8-20-9-7-18/h1-2,4-5,10H,3,6-9H2,(H2,16,19). The molecule has 5 heteroatoms. The van der Waals surface area contributed by atoms with E-state index in [1.807, 2.05) is 36.0 Å². The van der Waals surface area contributed by atoms with Gasteiger partial charge in [0.2, 0.25) is 0 Å². The highest BCUT2D eigenvalue weighted by Crippen LogP contribution is 2.25. The van der Waals surface area contributed by atoms with E-state index in [9.17, 15) is 0 Å². The summed E-state index contributed by atoms with van der Waals surface area (Å²) < 4.78 is 0. The Hall–Kier alpha value is -1.33. The summed E-state index contributed by atoms with van der Waals surface area (Å²) in [5, 5.41) is 1.09. The van der Waals surface area contributed by atoms with Crippen LogP contribution >= 0.6 is 24.0 Å². The number of thiocarbonyl (C=S) groups is 1. The van der Waals surface area contributed by atoms with Gasteiger partial charge in [0.25, 0.3) is 0 Å². The molecule has 1 aliphatic heterocycles. The zero-order valence-corrected chi connectivity index (χ0v) is 12.8. The Labute approximate surface area is 128 Å². The maximum atomic E-state index is 5.91. The summed E-state index contributed by atoms with van der Waals surface area (Å²) in [7, 11) is 0. The minimum Gasteiger partial charge on any atom is -0.389 e. The predicted molar refractivity (Wildman–Crippen MR) is 91.8 cm³/mol. The van der Waals surface area contributed by atoms with Gasteiger partial charge in [-0.05, 0) is 24.3 Å². The smallest absolute Gasteiger partial charge is 0.139 e. The normalized spacial score (nSPS) is 16.1. The van der Waals surface area contributed by atoms with Crippen molar-refractivity contribution in [2.75, 3.05) is 29.5 Å². The molecule has 2 heterocycles. The monoisotopic (exact) mass is 303 g/mol. The van der Waals surface area contributed by atoms with Crippen molar-refractivity contribution in [2.24, 2.45) is 5.73 Å². The largest absolute Gasteiger partial charge is 0.389 e. The van der Waals surface area contributed by atoms with Crippen LogP contribution in [0.4, 0.5) is 5.82 Å². The van der Waals surface area contributed by atoms with Gasteiger partial charge >= 0.3 is 0 Å². The van der Waals surface area contributed by atoms with E-state index in [-0.39, 0.29) is 0 Å². The second-order valence-corrected chi connectivity index (χ2v) is 6.53. The van der Waals surface area contributed by atoms with Crippen LogP contribution in [0.15, 0.2) is 30.3 Å². The molecule has 0 bridgehead atoms. The molecular weight excluding hydrogens is 286 g/mol. The molecule has 0 unspecified atom stereocenters. The number of anilines is 1. The van der Waals surface area contributed by atoms with E-state index in [0.717, 1.165) is 41.1 Å². The number of thioether (sulfide) groups is 1. The molecule has 1 aliphatic rings. The van der Waals surface area contributed by atoms with Crippen molar-refractivity contribution >= 4 is 45.7 Å². The van der Waals surface area contributed by atoms with Gasteiger partial charge < -0.3 is 10.6 Å². The number of para-hydroxylation sites is 1. The van der Waals surface area contributed by atoms with Gasteiger partial charge in [-0.2, -0.15) is 11.8 Å². The lowest BCUT2D eigenvalue weighted by molar-refractivity contribution is 0.803. The number of fused-ring (bicyclic) bond motifs is 1. The van der Waals surface area contributed by atoms with Crippen molar-refractivity contribution in [2.45, 2.75) is 6.42 Å². The fourth-order valence-corrected chi connectivity index (χ4v) is 3.52. The Morgan fingerprint density at radius 2 is 2.10 bits per heavy atom. The fourth-order valence-electron chi connectivity index (χ4n) is 2.49. The second kappa shape index (κ2) is 5.97. The topological polar surface area (TPSA) is 42.1 Å². The molecule has 2 aromatic rings. The predicted octanol–water partition coefficient (Wildman–Crippen LogP) is 2.81. The molecule has 3 nitrogen and oxygen atoms in total. The van der Waals surface area contributed by atoms with Crippen molar-refractivity contribution < 1.29 is 0 Å². The number of pyridine rings is 1. The second-order valence-electron chi connectivity index (χ2n) is 4.87. The molecule has 0 radical (unpaired) electrons. The molecule has 0 atom stereocenters. The van der Waals surface area contributed by atoms with Crippen molar-refractivity contribution in [3.63, 3.8) is 0 Å². The van der Waals surface area contributed by atoms with Gasteiger partial charge in [0, 0.05) is 24.2 Å². The molecule has 3 rings (SSSR count). The van der Waals surface area contributed by atoms with E-state index >= 15 is 0 Å². The maximum absolute atomic E-state index is 5.91. The van der Waals surface area contributed by atoms with Crippen molar-refractivity contribution in [1.29, 1.82) is 0 Å². The summed E-state index contributed by atoms with van der Waals surface area (Å²) in [6, 6.07) is 10.2. The SMILES string of the molecule is NC(=S)c1cc2ccccc2nc1N1CCCSCC1. The highest BCUT2D eigenvalue weighted by molar-refractivity contribution is 7.99. The van der Waals surface area contributed by atoms with E-state index in [4.69, 9.17) is 22.9 Å². The quantitative estimate of drug-likeness (QED) is 0.864. The maximum Gasteiger partial charge on any atom is 0.139 e. The summed E-state index contributed by atoms with van der Waals surface area (Å²) in [4.78, 5) is 7.56. The first-order valence-electron chi connectivity index (χ1n) is 6.78. The van der Waals surface area contributed by atoms with E-state index in [1.54, 1.807) is 0 Å². The zero-order valence-electron chi connectivity index (χ0n) is 11.2. The summed E-state index contributed by atoms with van der Waals surface area (Å²) in [5.41, 5.74) is 7.80. The van der Waals surface area contributed by atoms with Gasteiger partial charge in [-0.1, -0.05) is 30.4 Å². The molecule has 0 spiro atoms. The van der Waals surface area contributed by atoms with Gasteiger partial charge in [-0.25, -0.2) is 4.98 Å². The zero-order chi connectivity index (χ0) is 13.9. The van der Waals surface area contributed by atoms with Crippen LogP contribution in [-0.2, 0) is 0 Å². The molecule has 1 aromatic heterocycles. The molecule has 0 aliphatic carbocycles. The molecule has 1 saturated heterocycles. The van der Waals surface area contributed by atoms with E-state index in [2.05, 4.69) is 11.0 Å². The Bertz CT molecular complexity index is 634. The number of rotatable bonds is 2.